The average molecular weight is 409 g/mol. The third-order valence-corrected chi connectivity index (χ3v) is 5.72. The van der Waals surface area contributed by atoms with Gasteiger partial charge in [0.05, 0.1) is 19.3 Å². The quantitative estimate of drug-likeness (QED) is 0.581. The largest absolute Gasteiger partial charge is 0.490 e. The average Bonchev–Trinajstić information content (AvgIpc) is 3.21. The fourth-order valence-electron chi connectivity index (χ4n) is 4.02. The highest BCUT2D eigenvalue weighted by atomic mass is 16.5. The predicted molar refractivity (Wildman–Crippen MR) is 122 cm³/mol. The van der Waals surface area contributed by atoms with Crippen molar-refractivity contribution in [1.82, 2.24) is 10.6 Å². The summed E-state index contributed by atoms with van der Waals surface area (Å²) in [4.78, 5) is 6.88. The van der Waals surface area contributed by atoms with Crippen LogP contribution in [0.3, 0.4) is 0 Å². The monoisotopic (exact) mass is 408 g/mol. The lowest BCUT2D eigenvalue weighted by Gasteiger charge is -2.22. The van der Waals surface area contributed by atoms with Gasteiger partial charge in [-0.1, -0.05) is 24.3 Å². The molecule has 0 amide bonds. The summed E-state index contributed by atoms with van der Waals surface area (Å²) in [6.07, 6.45) is 3.47. The summed E-state index contributed by atoms with van der Waals surface area (Å²) in [5, 5.41) is 6.93. The van der Waals surface area contributed by atoms with E-state index in [2.05, 4.69) is 57.8 Å². The van der Waals surface area contributed by atoms with Crippen LogP contribution in [-0.4, -0.2) is 39.3 Å². The maximum Gasteiger partial charge on any atom is 0.191 e. The first-order valence-electron chi connectivity index (χ1n) is 10.9. The van der Waals surface area contributed by atoms with E-state index >= 15 is 0 Å². The van der Waals surface area contributed by atoms with Crippen LogP contribution in [0.25, 0.3) is 0 Å². The van der Waals surface area contributed by atoms with Gasteiger partial charge in [0.25, 0.3) is 0 Å². The third kappa shape index (κ3) is 4.81. The van der Waals surface area contributed by atoms with Crippen LogP contribution in [0.4, 0.5) is 5.69 Å². The molecule has 6 nitrogen and oxygen atoms in total. The standard InChI is InChI=1S/C24H32N4O2/c1-18(19-8-5-10-21(16-19)28-12-3-4-13-28)27-24(25-2)26-17-20-9-6-11-22-23(20)30-15-7-14-29-22/h5-6,8-11,16,18H,3-4,7,12-15,17H2,1-2H3,(H2,25,26,27). The number of fused-ring (bicyclic) bond motifs is 1. The van der Waals surface area contributed by atoms with Gasteiger partial charge < -0.3 is 25.0 Å². The number of guanidine groups is 1. The Kier molecular flexibility index (Phi) is 6.62. The molecule has 1 atom stereocenters. The lowest BCUT2D eigenvalue weighted by molar-refractivity contribution is 0.296. The summed E-state index contributed by atoms with van der Waals surface area (Å²) < 4.78 is 11.7. The number of hydrogen-bond donors (Lipinski definition) is 2. The zero-order valence-electron chi connectivity index (χ0n) is 18.0. The second kappa shape index (κ2) is 9.74. The first-order valence-corrected chi connectivity index (χ1v) is 10.9. The van der Waals surface area contributed by atoms with Crippen LogP contribution in [0.2, 0.25) is 0 Å². The lowest BCUT2D eigenvalue weighted by atomic mass is 10.1. The third-order valence-electron chi connectivity index (χ3n) is 5.72. The molecular formula is C24H32N4O2. The van der Waals surface area contributed by atoms with Crippen LogP contribution >= 0.6 is 0 Å². The highest BCUT2D eigenvalue weighted by molar-refractivity contribution is 5.80. The summed E-state index contributed by atoms with van der Waals surface area (Å²) in [6, 6.07) is 15.0. The summed E-state index contributed by atoms with van der Waals surface area (Å²) in [6.45, 7) is 6.47. The molecule has 1 fully saturated rings. The molecule has 1 saturated heterocycles. The van der Waals surface area contributed by atoms with Gasteiger partial charge in [0, 0.05) is 44.4 Å². The van der Waals surface area contributed by atoms with Gasteiger partial charge in [-0.15, -0.1) is 0 Å². The first-order chi connectivity index (χ1) is 14.7. The second-order valence-corrected chi connectivity index (χ2v) is 7.88. The predicted octanol–water partition coefficient (Wildman–Crippen LogP) is 3.87. The SMILES string of the molecule is CN=C(NCc1cccc2c1OCCCO2)NC(C)c1cccc(N2CCCC2)c1. The molecule has 2 N–H and O–H groups in total. The Morgan fingerprint density at radius 2 is 1.87 bits per heavy atom. The Balaban J connectivity index is 1.39. The Labute approximate surface area is 179 Å². The van der Waals surface area contributed by atoms with Crippen molar-refractivity contribution < 1.29 is 9.47 Å². The highest BCUT2D eigenvalue weighted by Gasteiger charge is 2.16. The molecule has 4 rings (SSSR count). The molecule has 160 valence electrons. The van der Waals surface area contributed by atoms with E-state index in [4.69, 9.17) is 9.47 Å². The van der Waals surface area contributed by atoms with E-state index in [0.29, 0.717) is 19.8 Å². The molecule has 0 spiro atoms. The molecule has 0 aromatic heterocycles. The van der Waals surface area contributed by atoms with Crippen LogP contribution in [0.1, 0.15) is 43.4 Å². The molecule has 2 aromatic rings. The second-order valence-electron chi connectivity index (χ2n) is 7.88. The van der Waals surface area contributed by atoms with E-state index in [1.54, 1.807) is 7.05 Å². The summed E-state index contributed by atoms with van der Waals surface area (Å²) >= 11 is 0. The Hall–Kier alpha value is -2.89. The zero-order valence-corrected chi connectivity index (χ0v) is 18.0. The molecule has 2 aromatic carbocycles. The van der Waals surface area contributed by atoms with Crippen molar-refractivity contribution in [3.63, 3.8) is 0 Å². The van der Waals surface area contributed by atoms with Crippen molar-refractivity contribution in [2.24, 2.45) is 4.99 Å². The van der Waals surface area contributed by atoms with Crippen LogP contribution in [-0.2, 0) is 6.54 Å². The van der Waals surface area contributed by atoms with Gasteiger partial charge in [0.15, 0.2) is 17.5 Å². The van der Waals surface area contributed by atoms with Gasteiger partial charge >= 0.3 is 0 Å². The smallest absolute Gasteiger partial charge is 0.191 e. The molecule has 0 aliphatic carbocycles. The van der Waals surface area contributed by atoms with E-state index in [1.165, 1.54) is 24.1 Å². The van der Waals surface area contributed by atoms with Gasteiger partial charge in [-0.2, -0.15) is 0 Å². The molecule has 6 heteroatoms. The molecule has 2 heterocycles. The summed E-state index contributed by atoms with van der Waals surface area (Å²) in [5.41, 5.74) is 3.64. The number of nitrogens with zero attached hydrogens (tertiary/aromatic N) is 2. The fourth-order valence-corrected chi connectivity index (χ4v) is 4.02. The lowest BCUT2D eigenvalue weighted by Crippen LogP contribution is -2.38. The maximum atomic E-state index is 5.93. The van der Waals surface area contributed by atoms with E-state index in [0.717, 1.165) is 42.5 Å². The van der Waals surface area contributed by atoms with Crippen molar-refractivity contribution >= 4 is 11.6 Å². The Bertz CT molecular complexity index is 877. The van der Waals surface area contributed by atoms with Gasteiger partial charge in [-0.25, -0.2) is 0 Å². The zero-order chi connectivity index (χ0) is 20.8. The van der Waals surface area contributed by atoms with Crippen LogP contribution in [0.15, 0.2) is 47.5 Å². The normalized spacial score (nSPS) is 17.4. The number of rotatable bonds is 5. The van der Waals surface area contributed by atoms with Gasteiger partial charge in [0.2, 0.25) is 0 Å². The number of nitrogens with one attached hydrogen (secondary N) is 2. The van der Waals surface area contributed by atoms with Crippen LogP contribution < -0.4 is 25.0 Å². The minimum atomic E-state index is 0.145. The van der Waals surface area contributed by atoms with E-state index < -0.39 is 0 Å². The topological polar surface area (TPSA) is 58.1 Å². The van der Waals surface area contributed by atoms with Gasteiger partial charge in [-0.05, 0) is 43.5 Å². The minimum absolute atomic E-state index is 0.145. The number of hydrogen-bond acceptors (Lipinski definition) is 4. The molecule has 30 heavy (non-hydrogen) atoms. The van der Waals surface area contributed by atoms with E-state index in [-0.39, 0.29) is 6.04 Å². The summed E-state index contributed by atoms with van der Waals surface area (Å²) in [5.74, 6) is 2.42. The van der Waals surface area contributed by atoms with Crippen LogP contribution in [0, 0.1) is 0 Å². The molecule has 1 unspecified atom stereocenters. The molecule has 0 saturated carbocycles. The number of aliphatic imine (C=N–C) groups is 1. The molecule has 0 radical (unpaired) electrons. The number of anilines is 1. The summed E-state index contributed by atoms with van der Waals surface area (Å²) in [7, 11) is 1.80. The Morgan fingerprint density at radius 1 is 1.07 bits per heavy atom. The number of benzene rings is 2. The first kappa shape index (κ1) is 20.4. The van der Waals surface area contributed by atoms with Crippen molar-refractivity contribution in [1.29, 1.82) is 0 Å². The molecule has 0 bridgehead atoms. The fraction of sp³-hybridized carbons (Fsp3) is 0.458. The highest BCUT2D eigenvalue weighted by Crippen LogP contribution is 2.33. The van der Waals surface area contributed by atoms with E-state index in [1.807, 2.05) is 12.1 Å². The molecular weight excluding hydrogens is 376 g/mol. The van der Waals surface area contributed by atoms with Crippen LogP contribution in [0.5, 0.6) is 11.5 Å². The Morgan fingerprint density at radius 3 is 2.70 bits per heavy atom. The number of ether oxygens (including phenoxy) is 2. The molecule has 2 aliphatic heterocycles. The number of para-hydroxylation sites is 1. The van der Waals surface area contributed by atoms with E-state index in [9.17, 15) is 0 Å². The minimum Gasteiger partial charge on any atom is -0.490 e. The van der Waals surface area contributed by atoms with Crippen molar-refractivity contribution in [2.45, 2.75) is 38.8 Å². The maximum absolute atomic E-state index is 5.93. The van der Waals surface area contributed by atoms with Gasteiger partial charge in [0.1, 0.15) is 0 Å². The molecule has 2 aliphatic rings. The van der Waals surface area contributed by atoms with Crippen molar-refractivity contribution in [3.8, 4) is 11.5 Å². The van der Waals surface area contributed by atoms with Gasteiger partial charge in [-0.3, -0.25) is 4.99 Å². The van der Waals surface area contributed by atoms with Crippen molar-refractivity contribution in [2.75, 3.05) is 38.3 Å². The van der Waals surface area contributed by atoms with Crippen molar-refractivity contribution in [3.05, 3.63) is 53.6 Å².